The quantitative estimate of drug-likeness (QED) is 0.547. The first-order valence-corrected chi connectivity index (χ1v) is 7.99. The third-order valence-corrected chi connectivity index (χ3v) is 7.67. The Bertz CT molecular complexity index is 247. The smallest absolute Gasteiger partial charge is 0.480 e. The fourth-order valence-corrected chi connectivity index (χ4v) is 5.75. The van der Waals surface area contributed by atoms with Gasteiger partial charge in [0.1, 0.15) is 4.32 Å². The highest BCUT2D eigenvalue weighted by atomic mass is 79.9. The van der Waals surface area contributed by atoms with Crippen molar-refractivity contribution >= 4 is 30.7 Å². The van der Waals surface area contributed by atoms with E-state index in [1.807, 2.05) is 6.92 Å². The van der Waals surface area contributed by atoms with E-state index in [9.17, 15) is 9.90 Å². The Morgan fingerprint density at radius 2 is 1.76 bits per heavy atom. The van der Waals surface area contributed by atoms with Gasteiger partial charge in [-0.15, -0.1) is 0 Å². The maximum atomic E-state index is 11.3. The largest absolute Gasteiger partial charge is 0.505 e. The minimum atomic E-state index is -2.99. The molecule has 0 aliphatic heterocycles. The van der Waals surface area contributed by atoms with Crippen LogP contribution >= 0.6 is 15.9 Å². The van der Waals surface area contributed by atoms with Crippen LogP contribution in [0.2, 0.25) is 5.54 Å². The van der Waals surface area contributed by atoms with Gasteiger partial charge in [0, 0.05) is 21.3 Å². The van der Waals surface area contributed by atoms with E-state index in [1.165, 1.54) is 21.3 Å². The molecule has 0 aliphatic carbocycles. The molecule has 2 unspecified atom stereocenters. The molecule has 0 fully saturated rings. The first kappa shape index (κ1) is 17.0. The van der Waals surface area contributed by atoms with Crippen LogP contribution in [-0.2, 0) is 18.1 Å². The molecule has 0 saturated carbocycles. The van der Waals surface area contributed by atoms with Gasteiger partial charge in [-0.25, -0.2) is 0 Å². The Morgan fingerprint density at radius 3 is 2.00 bits per heavy atom. The second kappa shape index (κ2) is 6.84. The zero-order chi connectivity index (χ0) is 13.7. The fraction of sp³-hybridized carbons (Fsp3) is 0.900. The average Bonchev–Trinajstić information content (AvgIpc) is 2.30. The van der Waals surface area contributed by atoms with Crippen LogP contribution in [0.4, 0.5) is 0 Å². The van der Waals surface area contributed by atoms with Crippen molar-refractivity contribution in [2.24, 2.45) is 0 Å². The summed E-state index contributed by atoms with van der Waals surface area (Å²) < 4.78 is 15.0. The lowest BCUT2D eigenvalue weighted by molar-refractivity contribution is -0.139. The summed E-state index contributed by atoms with van der Waals surface area (Å²) >= 11 is 3.27. The number of carboxylic acid groups (broad SMARTS) is 1. The summed E-state index contributed by atoms with van der Waals surface area (Å²) in [6.07, 6.45) is 1.47. The maximum absolute atomic E-state index is 11.3. The average molecular weight is 329 g/mol. The van der Waals surface area contributed by atoms with Crippen molar-refractivity contribution < 1.29 is 23.2 Å². The zero-order valence-corrected chi connectivity index (χ0v) is 13.5. The van der Waals surface area contributed by atoms with E-state index in [4.69, 9.17) is 13.3 Å². The van der Waals surface area contributed by atoms with E-state index in [-0.39, 0.29) is 5.54 Å². The Kier molecular flexibility index (Phi) is 6.86. The molecule has 7 heteroatoms. The second-order valence-corrected chi connectivity index (χ2v) is 8.71. The van der Waals surface area contributed by atoms with Crippen LogP contribution in [0.5, 0.6) is 0 Å². The van der Waals surface area contributed by atoms with E-state index in [2.05, 4.69) is 15.9 Å². The molecule has 102 valence electrons. The van der Waals surface area contributed by atoms with Gasteiger partial charge < -0.3 is 18.4 Å². The molecule has 17 heavy (non-hydrogen) atoms. The molecular formula is C10H21BrO5Si. The second-order valence-electron chi connectivity index (χ2n) is 3.94. The highest BCUT2D eigenvalue weighted by Gasteiger charge is 2.57. The van der Waals surface area contributed by atoms with E-state index in [0.29, 0.717) is 6.42 Å². The van der Waals surface area contributed by atoms with Crippen LogP contribution in [0, 0.1) is 0 Å². The van der Waals surface area contributed by atoms with Crippen molar-refractivity contribution in [1.82, 2.24) is 0 Å². The number of alkyl halides is 1. The Morgan fingerprint density at radius 1 is 1.35 bits per heavy atom. The molecule has 0 radical (unpaired) electrons. The molecular weight excluding hydrogens is 308 g/mol. The van der Waals surface area contributed by atoms with Crippen LogP contribution in [0.15, 0.2) is 0 Å². The van der Waals surface area contributed by atoms with Crippen LogP contribution in [-0.4, -0.2) is 45.5 Å². The lowest BCUT2D eigenvalue weighted by atomic mass is 10.0. The fourth-order valence-electron chi connectivity index (χ4n) is 1.89. The summed E-state index contributed by atoms with van der Waals surface area (Å²) in [6, 6.07) is 0. The monoisotopic (exact) mass is 328 g/mol. The molecule has 0 amide bonds. The number of carbonyl (C=O) groups is 1. The molecule has 0 saturated heterocycles. The highest BCUT2D eigenvalue weighted by Crippen LogP contribution is 2.43. The van der Waals surface area contributed by atoms with Crippen LogP contribution in [0.25, 0.3) is 0 Å². The van der Waals surface area contributed by atoms with Gasteiger partial charge in [0.15, 0.2) is 0 Å². The third-order valence-electron chi connectivity index (χ3n) is 2.93. The minimum absolute atomic E-state index is 0.350. The zero-order valence-electron chi connectivity index (χ0n) is 10.9. The molecule has 0 bridgehead atoms. The molecule has 0 heterocycles. The standard InChI is InChI=1S/C10H21BrO5Si/c1-6-7-8(10(2,11)9(12)13)17(14-3,15-4)16-5/h8H,6-7H2,1-5H3,(H,12,13). The van der Waals surface area contributed by atoms with Crippen LogP contribution in [0.3, 0.4) is 0 Å². The van der Waals surface area contributed by atoms with E-state index < -0.39 is 19.1 Å². The third kappa shape index (κ3) is 3.51. The van der Waals surface area contributed by atoms with Crippen molar-refractivity contribution in [1.29, 1.82) is 0 Å². The van der Waals surface area contributed by atoms with Crippen molar-refractivity contribution in [3.05, 3.63) is 0 Å². The SMILES string of the molecule is CCCC(C(C)(Br)C(=O)O)[Si](OC)(OC)OC. The predicted molar refractivity (Wildman–Crippen MR) is 70.4 cm³/mol. The molecule has 0 aliphatic rings. The van der Waals surface area contributed by atoms with E-state index >= 15 is 0 Å². The van der Waals surface area contributed by atoms with E-state index in [1.54, 1.807) is 6.92 Å². The van der Waals surface area contributed by atoms with Crippen LogP contribution in [0.1, 0.15) is 26.7 Å². The lowest BCUT2D eigenvalue weighted by Crippen LogP contribution is -2.55. The summed E-state index contributed by atoms with van der Waals surface area (Å²) in [5.74, 6) is -0.945. The molecule has 0 rings (SSSR count). The number of rotatable bonds is 8. The summed E-state index contributed by atoms with van der Waals surface area (Å²) in [4.78, 5) is 11.3. The number of hydrogen-bond acceptors (Lipinski definition) is 4. The molecule has 0 aromatic rings. The topological polar surface area (TPSA) is 65.0 Å². The van der Waals surface area contributed by atoms with Gasteiger partial charge in [0.25, 0.3) is 0 Å². The number of hydrogen-bond donors (Lipinski definition) is 1. The number of carboxylic acids is 1. The first-order valence-electron chi connectivity index (χ1n) is 5.40. The van der Waals surface area contributed by atoms with Crippen molar-refractivity contribution in [3.63, 3.8) is 0 Å². The normalized spacial score (nSPS) is 17.5. The van der Waals surface area contributed by atoms with Crippen molar-refractivity contribution in [2.45, 2.75) is 36.6 Å². The summed E-state index contributed by atoms with van der Waals surface area (Å²) in [5.41, 5.74) is -0.350. The van der Waals surface area contributed by atoms with Gasteiger partial charge in [-0.2, -0.15) is 0 Å². The molecule has 1 N–H and O–H groups in total. The van der Waals surface area contributed by atoms with Gasteiger partial charge in [-0.3, -0.25) is 4.79 Å². The number of aliphatic carboxylic acids is 1. The van der Waals surface area contributed by atoms with Gasteiger partial charge in [-0.1, -0.05) is 29.3 Å². The summed E-state index contributed by atoms with van der Waals surface area (Å²) in [7, 11) is 1.48. The first-order chi connectivity index (χ1) is 7.82. The van der Waals surface area contributed by atoms with Gasteiger partial charge in [0.05, 0.1) is 5.54 Å². The Hall–Kier alpha value is 0.0469. The van der Waals surface area contributed by atoms with Crippen molar-refractivity contribution in [2.75, 3.05) is 21.3 Å². The van der Waals surface area contributed by atoms with Gasteiger partial charge in [-0.05, 0) is 13.3 Å². The Balaban J connectivity index is 5.40. The maximum Gasteiger partial charge on any atom is 0.505 e. The van der Waals surface area contributed by atoms with E-state index in [0.717, 1.165) is 6.42 Å². The van der Waals surface area contributed by atoms with Crippen molar-refractivity contribution in [3.8, 4) is 0 Å². The molecule has 0 spiro atoms. The summed E-state index contributed by atoms with van der Waals surface area (Å²) in [5, 5.41) is 9.30. The van der Waals surface area contributed by atoms with Crippen LogP contribution < -0.4 is 0 Å². The van der Waals surface area contributed by atoms with Gasteiger partial charge in [0.2, 0.25) is 0 Å². The molecule has 0 aromatic heterocycles. The summed E-state index contributed by atoms with van der Waals surface area (Å²) in [6.45, 7) is 3.59. The Labute approximate surface area is 112 Å². The van der Waals surface area contributed by atoms with Gasteiger partial charge >= 0.3 is 14.8 Å². The highest BCUT2D eigenvalue weighted by molar-refractivity contribution is 9.10. The number of halogens is 1. The molecule has 2 atom stereocenters. The minimum Gasteiger partial charge on any atom is -0.480 e. The predicted octanol–water partition coefficient (Wildman–Crippen LogP) is 2.27. The lowest BCUT2D eigenvalue weighted by Gasteiger charge is -2.38. The molecule has 5 nitrogen and oxygen atoms in total. The molecule has 0 aromatic carbocycles.